The second-order valence-electron chi connectivity index (χ2n) is 4.99. The van der Waals surface area contributed by atoms with Crippen LogP contribution in [0.3, 0.4) is 0 Å². The van der Waals surface area contributed by atoms with Gasteiger partial charge in [0.1, 0.15) is 5.82 Å². The number of hydrogen-bond acceptors (Lipinski definition) is 3. The highest BCUT2D eigenvalue weighted by Crippen LogP contribution is 2.21. The zero-order valence-corrected chi connectivity index (χ0v) is 13.2. The van der Waals surface area contributed by atoms with E-state index < -0.39 is 11.8 Å². The number of aromatic amines is 1. The molecule has 1 heterocycles. The molecule has 0 aliphatic heterocycles. The van der Waals surface area contributed by atoms with Crippen molar-refractivity contribution in [3.05, 3.63) is 73.9 Å². The van der Waals surface area contributed by atoms with Crippen LogP contribution in [0.1, 0.15) is 21.6 Å². The van der Waals surface area contributed by atoms with E-state index in [4.69, 9.17) is 5.11 Å². The lowest BCUT2D eigenvalue weighted by molar-refractivity contribution is 0.0691. The summed E-state index contributed by atoms with van der Waals surface area (Å²) in [5.41, 5.74) is 0.469. The Labute approximate surface area is 137 Å². The van der Waals surface area contributed by atoms with Gasteiger partial charge in [0.25, 0.3) is 5.56 Å². The summed E-state index contributed by atoms with van der Waals surface area (Å²) in [7, 11) is 0. The number of fused-ring (bicyclic) bond motifs is 1. The molecule has 2 N–H and O–H groups in total. The summed E-state index contributed by atoms with van der Waals surface area (Å²) in [4.78, 5) is 22.9. The molecule has 5 nitrogen and oxygen atoms in total. The summed E-state index contributed by atoms with van der Waals surface area (Å²) in [6, 6.07) is 9.13. The first kappa shape index (κ1) is 15.4. The number of halogens is 2. The number of carboxylic acids is 1. The maximum atomic E-state index is 13.5. The Hall–Kier alpha value is -2.54. The fraction of sp³-hybridized carbons (Fsp3) is 0.0625. The predicted molar refractivity (Wildman–Crippen MR) is 86.2 cm³/mol. The molecule has 7 heteroatoms. The van der Waals surface area contributed by atoms with Crippen molar-refractivity contribution in [3.63, 3.8) is 0 Å². The van der Waals surface area contributed by atoms with Gasteiger partial charge in [0, 0.05) is 16.3 Å². The Morgan fingerprint density at radius 1 is 1.22 bits per heavy atom. The second-order valence-corrected chi connectivity index (χ2v) is 5.90. The van der Waals surface area contributed by atoms with Crippen molar-refractivity contribution in [2.45, 2.75) is 6.42 Å². The van der Waals surface area contributed by atoms with Crippen LogP contribution in [0.15, 0.2) is 45.7 Å². The Balaban J connectivity index is 2.09. The quantitative estimate of drug-likeness (QED) is 0.735. The summed E-state index contributed by atoms with van der Waals surface area (Å²) in [6.07, 6.45) is 0.273. The van der Waals surface area contributed by atoms with Crippen LogP contribution in [0.25, 0.3) is 10.8 Å². The van der Waals surface area contributed by atoms with Crippen molar-refractivity contribution >= 4 is 32.7 Å². The molecule has 0 aliphatic rings. The second kappa shape index (κ2) is 5.92. The number of carbonyl (C=O) groups is 1. The fourth-order valence-electron chi connectivity index (χ4n) is 2.37. The van der Waals surface area contributed by atoms with Gasteiger partial charge in [0.05, 0.1) is 16.6 Å². The molecule has 3 rings (SSSR count). The smallest absolute Gasteiger partial charge is 0.338 e. The van der Waals surface area contributed by atoms with Gasteiger partial charge >= 0.3 is 5.97 Å². The van der Waals surface area contributed by atoms with Gasteiger partial charge in [-0.05, 0) is 29.8 Å². The fourth-order valence-corrected chi connectivity index (χ4v) is 2.73. The number of benzene rings is 2. The van der Waals surface area contributed by atoms with E-state index in [1.54, 1.807) is 18.2 Å². The molecule has 0 bridgehead atoms. The monoisotopic (exact) mass is 376 g/mol. The third kappa shape index (κ3) is 3.00. The number of nitrogens with zero attached hydrogens (tertiary/aromatic N) is 1. The third-order valence-electron chi connectivity index (χ3n) is 3.46. The zero-order valence-electron chi connectivity index (χ0n) is 11.6. The lowest BCUT2D eigenvalue weighted by atomic mass is 10.0. The maximum absolute atomic E-state index is 13.5. The highest BCUT2D eigenvalue weighted by atomic mass is 79.9. The Morgan fingerprint density at radius 2 is 2.00 bits per heavy atom. The highest BCUT2D eigenvalue weighted by Gasteiger charge is 2.13. The number of hydrogen-bond donors (Lipinski definition) is 2. The molecule has 0 saturated heterocycles. The van der Waals surface area contributed by atoms with Crippen LogP contribution in [0.5, 0.6) is 0 Å². The number of rotatable bonds is 3. The maximum Gasteiger partial charge on any atom is 0.338 e. The Kier molecular flexibility index (Phi) is 3.96. The molecule has 0 unspecified atom stereocenters. The molecule has 23 heavy (non-hydrogen) atoms. The third-order valence-corrected chi connectivity index (χ3v) is 3.96. The molecular formula is C16H10BrFN2O3. The summed E-state index contributed by atoms with van der Waals surface area (Å²) < 4.78 is 14.2. The van der Waals surface area contributed by atoms with Crippen LogP contribution in [0.4, 0.5) is 4.39 Å². The first-order chi connectivity index (χ1) is 11.0. The van der Waals surface area contributed by atoms with Crippen LogP contribution in [-0.4, -0.2) is 21.3 Å². The summed E-state index contributed by atoms with van der Waals surface area (Å²) in [5, 5.41) is 16.6. The molecule has 0 fully saturated rings. The van der Waals surface area contributed by atoms with Gasteiger partial charge in [-0.2, -0.15) is 5.10 Å². The van der Waals surface area contributed by atoms with Gasteiger partial charge in [0.15, 0.2) is 0 Å². The summed E-state index contributed by atoms with van der Waals surface area (Å²) >= 11 is 3.31. The van der Waals surface area contributed by atoms with Gasteiger partial charge in [-0.1, -0.05) is 28.1 Å². The first-order valence-electron chi connectivity index (χ1n) is 6.64. The van der Waals surface area contributed by atoms with E-state index in [1.165, 1.54) is 12.1 Å². The van der Waals surface area contributed by atoms with Gasteiger partial charge in [-0.25, -0.2) is 14.3 Å². The zero-order chi connectivity index (χ0) is 16.6. The largest absolute Gasteiger partial charge is 0.478 e. The number of carboxylic acid groups (broad SMARTS) is 1. The molecule has 0 radical (unpaired) electrons. The van der Waals surface area contributed by atoms with Crippen molar-refractivity contribution in [2.75, 3.05) is 0 Å². The van der Waals surface area contributed by atoms with E-state index in [2.05, 4.69) is 26.1 Å². The molecule has 2 aromatic carbocycles. The summed E-state index contributed by atoms with van der Waals surface area (Å²) in [5.74, 6) is -2.11. The van der Waals surface area contributed by atoms with Crippen molar-refractivity contribution in [2.24, 2.45) is 0 Å². The van der Waals surface area contributed by atoms with E-state index in [0.29, 0.717) is 22.0 Å². The van der Waals surface area contributed by atoms with E-state index >= 15 is 0 Å². The number of nitrogens with one attached hydrogen (secondary N) is 1. The van der Waals surface area contributed by atoms with E-state index in [1.807, 2.05) is 0 Å². The summed E-state index contributed by atoms with van der Waals surface area (Å²) in [6.45, 7) is 0. The minimum Gasteiger partial charge on any atom is -0.478 e. The number of H-pyrrole nitrogens is 1. The van der Waals surface area contributed by atoms with Crippen LogP contribution in [0, 0.1) is 5.82 Å². The average molecular weight is 377 g/mol. The first-order valence-corrected chi connectivity index (χ1v) is 7.43. The molecular weight excluding hydrogens is 367 g/mol. The van der Waals surface area contributed by atoms with Crippen molar-refractivity contribution in [1.82, 2.24) is 10.2 Å². The normalized spacial score (nSPS) is 10.9. The predicted octanol–water partition coefficient (Wildman–Crippen LogP) is 3.11. The van der Waals surface area contributed by atoms with Crippen LogP contribution in [-0.2, 0) is 6.42 Å². The van der Waals surface area contributed by atoms with E-state index in [9.17, 15) is 14.0 Å². The van der Waals surface area contributed by atoms with Crippen LogP contribution < -0.4 is 5.56 Å². The Bertz CT molecular complexity index is 985. The SMILES string of the molecule is O=C(O)c1cc(Cc2n[nH]c(=O)c3cc(Br)ccc23)ccc1F. The number of aromatic nitrogens is 2. The molecule has 0 amide bonds. The topological polar surface area (TPSA) is 83.0 Å². The van der Waals surface area contributed by atoms with Crippen molar-refractivity contribution in [1.29, 1.82) is 0 Å². The van der Waals surface area contributed by atoms with Crippen LogP contribution >= 0.6 is 15.9 Å². The number of aromatic carboxylic acids is 1. The molecule has 0 atom stereocenters. The van der Waals surface area contributed by atoms with Gasteiger partial charge in [-0.15, -0.1) is 0 Å². The lowest BCUT2D eigenvalue weighted by Gasteiger charge is -2.07. The molecule has 1 aromatic heterocycles. The van der Waals surface area contributed by atoms with Gasteiger partial charge in [0.2, 0.25) is 0 Å². The lowest BCUT2D eigenvalue weighted by Crippen LogP contribution is -2.11. The standard InChI is InChI=1S/C16H10BrFN2O3/c17-9-2-3-10-11(7-9)15(21)20-19-14(10)6-8-1-4-13(18)12(5-8)16(22)23/h1-5,7H,6H2,(H,20,21)(H,22,23). The molecule has 3 aromatic rings. The molecule has 0 aliphatic carbocycles. The molecule has 0 saturated carbocycles. The molecule has 116 valence electrons. The van der Waals surface area contributed by atoms with Crippen LogP contribution in [0.2, 0.25) is 0 Å². The van der Waals surface area contributed by atoms with Crippen molar-refractivity contribution in [3.8, 4) is 0 Å². The molecule has 0 spiro atoms. The van der Waals surface area contributed by atoms with Gasteiger partial charge in [-0.3, -0.25) is 4.79 Å². The van der Waals surface area contributed by atoms with E-state index in [0.717, 1.165) is 10.5 Å². The van der Waals surface area contributed by atoms with E-state index in [-0.39, 0.29) is 17.5 Å². The minimum atomic E-state index is -1.33. The minimum absolute atomic E-state index is 0.273. The van der Waals surface area contributed by atoms with Gasteiger partial charge < -0.3 is 5.11 Å². The average Bonchev–Trinajstić information content (AvgIpc) is 2.52. The van der Waals surface area contributed by atoms with Crippen molar-refractivity contribution < 1.29 is 14.3 Å². The highest BCUT2D eigenvalue weighted by molar-refractivity contribution is 9.10. The Morgan fingerprint density at radius 3 is 2.74 bits per heavy atom.